The van der Waals surface area contributed by atoms with Crippen molar-refractivity contribution in [3.63, 3.8) is 0 Å². The highest BCUT2D eigenvalue weighted by molar-refractivity contribution is 9.10. The monoisotopic (exact) mass is 368 g/mol. The summed E-state index contributed by atoms with van der Waals surface area (Å²) in [6.07, 6.45) is -4.40. The molecule has 118 valence electrons. The van der Waals surface area contributed by atoms with E-state index in [1.165, 1.54) is 24.1 Å². The highest BCUT2D eigenvalue weighted by Gasteiger charge is 2.45. The molecule has 0 radical (unpaired) electrons. The minimum Gasteiger partial charge on any atom is -0.503 e. The number of benzene rings is 1. The fourth-order valence-corrected chi connectivity index (χ4v) is 2.91. The summed E-state index contributed by atoms with van der Waals surface area (Å²) in [4.78, 5) is 1.38. The van der Waals surface area contributed by atoms with Crippen molar-refractivity contribution in [2.24, 2.45) is 0 Å². The molecule has 1 fully saturated rings. The van der Waals surface area contributed by atoms with Crippen LogP contribution in [0.4, 0.5) is 13.2 Å². The fraction of sp³-hybridized carbons (Fsp3) is 0.538. The summed E-state index contributed by atoms with van der Waals surface area (Å²) < 4.78 is 45.6. The number of halogens is 4. The molecule has 0 amide bonds. The molecule has 0 spiro atoms. The van der Waals surface area contributed by atoms with Gasteiger partial charge in [-0.05, 0) is 33.6 Å². The highest BCUT2D eigenvalue weighted by Crippen LogP contribution is 2.43. The van der Waals surface area contributed by atoms with Gasteiger partial charge in [0.2, 0.25) is 0 Å². The van der Waals surface area contributed by atoms with Crippen molar-refractivity contribution >= 4 is 15.9 Å². The lowest BCUT2D eigenvalue weighted by atomic mass is 10.0. The zero-order chi connectivity index (χ0) is 15.6. The number of alkyl halides is 3. The van der Waals surface area contributed by atoms with Gasteiger partial charge in [0.05, 0.1) is 11.6 Å². The zero-order valence-corrected chi connectivity index (χ0v) is 13.0. The number of piperazine rings is 1. The van der Waals surface area contributed by atoms with Crippen LogP contribution in [0.3, 0.4) is 0 Å². The molecule has 4 nitrogen and oxygen atoms in total. The van der Waals surface area contributed by atoms with Gasteiger partial charge in [-0.2, -0.15) is 13.2 Å². The third-order valence-corrected chi connectivity index (χ3v) is 4.02. The van der Waals surface area contributed by atoms with Crippen LogP contribution in [-0.2, 0) is 0 Å². The Hall–Kier alpha value is -0.990. The molecule has 0 aromatic heterocycles. The molecule has 1 saturated heterocycles. The predicted molar refractivity (Wildman–Crippen MR) is 75.6 cm³/mol. The standard InChI is InChI=1S/C13H16BrF3N2O2/c1-21-10-7-8(6-9(14)11(10)20)12(13(15,16)17)19-4-2-18-3-5-19/h6-7,12,18,20H,2-5H2,1H3/t12-/m0/s1. The number of nitrogens with zero attached hydrogens (tertiary/aromatic N) is 1. The Morgan fingerprint density at radius 2 is 1.95 bits per heavy atom. The van der Waals surface area contributed by atoms with E-state index >= 15 is 0 Å². The predicted octanol–water partition coefficient (Wildman–Crippen LogP) is 2.67. The maximum Gasteiger partial charge on any atom is 0.408 e. The number of phenols is 1. The molecule has 1 atom stereocenters. The van der Waals surface area contributed by atoms with Crippen LogP contribution < -0.4 is 10.1 Å². The topological polar surface area (TPSA) is 44.7 Å². The van der Waals surface area contributed by atoms with Crippen LogP contribution in [0, 0.1) is 0 Å². The van der Waals surface area contributed by atoms with Crippen molar-refractivity contribution in [2.45, 2.75) is 12.2 Å². The molecule has 8 heteroatoms. The average molecular weight is 369 g/mol. The molecule has 2 rings (SSSR count). The second-order valence-electron chi connectivity index (χ2n) is 4.78. The molecule has 21 heavy (non-hydrogen) atoms. The molecule has 1 heterocycles. The van der Waals surface area contributed by atoms with E-state index in [2.05, 4.69) is 21.2 Å². The van der Waals surface area contributed by atoms with Crippen LogP contribution in [-0.4, -0.2) is 49.5 Å². The molecular formula is C13H16BrF3N2O2. The Balaban J connectivity index is 2.43. The first-order valence-corrected chi connectivity index (χ1v) is 7.21. The molecule has 2 N–H and O–H groups in total. The summed E-state index contributed by atoms with van der Waals surface area (Å²) in [7, 11) is 1.30. The zero-order valence-electron chi connectivity index (χ0n) is 11.4. The molecule has 1 aromatic carbocycles. The average Bonchev–Trinajstić information content (AvgIpc) is 2.42. The van der Waals surface area contributed by atoms with Gasteiger partial charge in [-0.15, -0.1) is 0 Å². The Morgan fingerprint density at radius 3 is 2.48 bits per heavy atom. The van der Waals surface area contributed by atoms with Gasteiger partial charge >= 0.3 is 6.18 Å². The number of hydrogen-bond acceptors (Lipinski definition) is 4. The summed E-state index contributed by atoms with van der Waals surface area (Å²) >= 11 is 3.07. The van der Waals surface area contributed by atoms with E-state index in [0.29, 0.717) is 26.2 Å². The fourth-order valence-electron chi connectivity index (χ4n) is 2.45. The quantitative estimate of drug-likeness (QED) is 0.860. The first kappa shape index (κ1) is 16.4. The number of methoxy groups -OCH3 is 1. The maximum absolute atomic E-state index is 13.5. The van der Waals surface area contributed by atoms with Crippen LogP contribution in [0.2, 0.25) is 0 Å². The van der Waals surface area contributed by atoms with Crippen LogP contribution in [0.15, 0.2) is 16.6 Å². The number of phenolic OH excluding ortho intramolecular Hbond substituents is 1. The highest BCUT2D eigenvalue weighted by atomic mass is 79.9. The van der Waals surface area contributed by atoms with E-state index < -0.39 is 12.2 Å². The number of rotatable bonds is 3. The first-order chi connectivity index (χ1) is 9.84. The number of aromatic hydroxyl groups is 1. The van der Waals surface area contributed by atoms with E-state index in [1.807, 2.05) is 0 Å². The number of hydrogen-bond donors (Lipinski definition) is 2. The van der Waals surface area contributed by atoms with Crippen LogP contribution in [0.25, 0.3) is 0 Å². The molecular weight excluding hydrogens is 353 g/mol. The van der Waals surface area contributed by atoms with E-state index in [1.54, 1.807) is 0 Å². The first-order valence-electron chi connectivity index (χ1n) is 6.42. The molecule has 1 aromatic rings. The van der Waals surface area contributed by atoms with Crippen molar-refractivity contribution in [2.75, 3.05) is 33.3 Å². The van der Waals surface area contributed by atoms with Gasteiger partial charge < -0.3 is 15.2 Å². The van der Waals surface area contributed by atoms with Gasteiger partial charge in [0, 0.05) is 26.2 Å². The summed E-state index contributed by atoms with van der Waals surface area (Å²) in [6, 6.07) is 0.809. The van der Waals surface area contributed by atoms with Crippen molar-refractivity contribution in [3.8, 4) is 11.5 Å². The third-order valence-electron chi connectivity index (χ3n) is 3.41. The third kappa shape index (κ3) is 3.61. The maximum atomic E-state index is 13.5. The Kier molecular flexibility index (Phi) is 5.00. The molecule has 0 saturated carbocycles. The lowest BCUT2D eigenvalue weighted by molar-refractivity contribution is -0.187. The van der Waals surface area contributed by atoms with Gasteiger partial charge in [-0.25, -0.2) is 0 Å². The van der Waals surface area contributed by atoms with Gasteiger partial charge in [-0.3, -0.25) is 4.90 Å². The van der Waals surface area contributed by atoms with Gasteiger partial charge in [0.15, 0.2) is 11.5 Å². The second kappa shape index (κ2) is 6.41. The molecule has 0 unspecified atom stereocenters. The van der Waals surface area contributed by atoms with E-state index in [-0.39, 0.29) is 21.5 Å². The van der Waals surface area contributed by atoms with Crippen LogP contribution in [0.1, 0.15) is 11.6 Å². The Morgan fingerprint density at radius 1 is 1.33 bits per heavy atom. The van der Waals surface area contributed by atoms with Gasteiger partial charge in [0.25, 0.3) is 0 Å². The minimum absolute atomic E-state index is 0.0174. The van der Waals surface area contributed by atoms with E-state index in [9.17, 15) is 18.3 Å². The normalized spacial score (nSPS) is 18.5. The largest absolute Gasteiger partial charge is 0.503 e. The number of nitrogens with one attached hydrogen (secondary N) is 1. The van der Waals surface area contributed by atoms with Crippen LogP contribution in [0.5, 0.6) is 11.5 Å². The lowest BCUT2D eigenvalue weighted by Gasteiger charge is -2.36. The molecule has 1 aliphatic heterocycles. The van der Waals surface area contributed by atoms with Crippen molar-refractivity contribution in [1.82, 2.24) is 10.2 Å². The summed E-state index contributed by atoms with van der Waals surface area (Å²) in [6.45, 7) is 1.65. The molecule has 0 bridgehead atoms. The summed E-state index contributed by atoms with van der Waals surface area (Å²) in [5, 5.41) is 12.8. The summed E-state index contributed by atoms with van der Waals surface area (Å²) in [5.74, 6) is -0.189. The van der Waals surface area contributed by atoms with Crippen molar-refractivity contribution in [1.29, 1.82) is 0 Å². The van der Waals surface area contributed by atoms with Gasteiger partial charge in [-0.1, -0.05) is 0 Å². The number of ether oxygens (including phenoxy) is 1. The lowest BCUT2D eigenvalue weighted by Crippen LogP contribution is -2.49. The molecule has 1 aliphatic rings. The van der Waals surface area contributed by atoms with Crippen molar-refractivity contribution < 1.29 is 23.0 Å². The Bertz CT molecular complexity index is 505. The smallest absolute Gasteiger partial charge is 0.408 e. The second-order valence-corrected chi connectivity index (χ2v) is 5.64. The van der Waals surface area contributed by atoms with Crippen molar-refractivity contribution in [3.05, 3.63) is 22.2 Å². The minimum atomic E-state index is -4.40. The van der Waals surface area contributed by atoms with E-state index in [0.717, 1.165) is 0 Å². The van der Waals surface area contributed by atoms with Gasteiger partial charge in [0.1, 0.15) is 6.04 Å². The SMILES string of the molecule is COc1cc([C@H](N2CCNCC2)C(F)(F)F)cc(Br)c1O. The molecule has 0 aliphatic carbocycles. The summed E-state index contributed by atoms with van der Waals surface area (Å²) in [5.41, 5.74) is 0.0472. The van der Waals surface area contributed by atoms with E-state index in [4.69, 9.17) is 4.74 Å². The Labute approximate surface area is 129 Å². The van der Waals surface area contributed by atoms with Crippen LogP contribution >= 0.6 is 15.9 Å².